The van der Waals surface area contributed by atoms with Crippen molar-refractivity contribution in [2.75, 3.05) is 39.5 Å². The van der Waals surface area contributed by atoms with Crippen molar-refractivity contribution in [2.24, 2.45) is 5.92 Å². The minimum atomic E-state index is -4.22. The third kappa shape index (κ3) is 6.85. The zero-order valence-corrected chi connectivity index (χ0v) is 9.88. The molecule has 0 bridgehead atoms. The molecule has 0 radical (unpaired) electrons. The fourth-order valence-corrected chi connectivity index (χ4v) is 1.97. The van der Waals surface area contributed by atoms with E-state index < -0.39 is 12.8 Å². The first kappa shape index (κ1) is 14.7. The van der Waals surface area contributed by atoms with Gasteiger partial charge in [-0.25, -0.2) is 0 Å². The van der Waals surface area contributed by atoms with Crippen LogP contribution in [0.3, 0.4) is 0 Å². The van der Waals surface area contributed by atoms with Crippen LogP contribution in [0.4, 0.5) is 13.2 Å². The lowest BCUT2D eigenvalue weighted by atomic mass is 9.98. The summed E-state index contributed by atoms with van der Waals surface area (Å²) in [6.45, 7) is 1.85. The van der Waals surface area contributed by atoms with Gasteiger partial charge in [-0.3, -0.25) is 0 Å². The highest BCUT2D eigenvalue weighted by atomic mass is 19.4. The predicted octanol–water partition coefficient (Wildman–Crippen LogP) is 1.66. The normalized spacial score (nSPS) is 19.8. The van der Waals surface area contributed by atoms with E-state index in [1.807, 2.05) is 0 Å². The number of nitrogens with zero attached hydrogens (tertiary/aromatic N) is 1. The summed E-state index contributed by atoms with van der Waals surface area (Å²) in [5, 5.41) is 8.95. The Bertz CT molecular complexity index is 203. The number of hydrogen-bond donors (Lipinski definition) is 1. The van der Waals surface area contributed by atoms with Gasteiger partial charge in [-0.05, 0) is 38.3 Å². The van der Waals surface area contributed by atoms with E-state index in [-0.39, 0.29) is 13.2 Å². The number of aliphatic hydroxyl groups excluding tert-OH is 1. The van der Waals surface area contributed by atoms with Gasteiger partial charge in [-0.1, -0.05) is 0 Å². The van der Waals surface area contributed by atoms with Gasteiger partial charge in [0.2, 0.25) is 0 Å². The summed E-state index contributed by atoms with van der Waals surface area (Å²) in [4.78, 5) is 2.21. The molecule has 102 valence electrons. The van der Waals surface area contributed by atoms with E-state index in [0.29, 0.717) is 12.3 Å². The first-order chi connectivity index (χ1) is 8.01. The predicted molar refractivity (Wildman–Crippen MR) is 57.7 cm³/mol. The molecule has 1 aliphatic heterocycles. The van der Waals surface area contributed by atoms with E-state index in [2.05, 4.69) is 9.64 Å². The van der Waals surface area contributed by atoms with Crippen molar-refractivity contribution in [1.82, 2.24) is 4.90 Å². The van der Waals surface area contributed by atoms with Crippen molar-refractivity contribution in [3.63, 3.8) is 0 Å². The van der Waals surface area contributed by atoms with Gasteiger partial charge in [0.25, 0.3) is 0 Å². The molecule has 1 N–H and O–H groups in total. The summed E-state index contributed by atoms with van der Waals surface area (Å²) in [5.41, 5.74) is 0. The summed E-state index contributed by atoms with van der Waals surface area (Å²) in [6, 6.07) is 0. The number of piperidine rings is 1. The largest absolute Gasteiger partial charge is 0.411 e. The second kappa shape index (κ2) is 7.18. The minimum Gasteiger partial charge on any atom is -0.396 e. The number of likely N-dealkylation sites (tertiary alicyclic amines) is 1. The Morgan fingerprint density at radius 1 is 1.24 bits per heavy atom. The van der Waals surface area contributed by atoms with Gasteiger partial charge < -0.3 is 14.7 Å². The molecule has 6 heteroatoms. The molecule has 0 aromatic heterocycles. The Hall–Kier alpha value is -0.330. The SMILES string of the molecule is OCC1CCN(CCCOCC(F)(F)F)CC1. The molecule has 3 nitrogen and oxygen atoms in total. The van der Waals surface area contributed by atoms with Crippen LogP contribution >= 0.6 is 0 Å². The highest BCUT2D eigenvalue weighted by molar-refractivity contribution is 4.71. The van der Waals surface area contributed by atoms with Crippen molar-refractivity contribution in [3.05, 3.63) is 0 Å². The summed E-state index contributed by atoms with van der Waals surface area (Å²) >= 11 is 0. The molecule has 0 unspecified atom stereocenters. The Kier molecular flexibility index (Phi) is 6.22. The Morgan fingerprint density at radius 2 is 1.88 bits per heavy atom. The van der Waals surface area contributed by atoms with E-state index in [1.54, 1.807) is 0 Å². The first-order valence-corrected chi connectivity index (χ1v) is 5.99. The Balaban J connectivity index is 1.97. The number of aliphatic hydroxyl groups is 1. The molecule has 0 aliphatic carbocycles. The van der Waals surface area contributed by atoms with Crippen molar-refractivity contribution < 1.29 is 23.0 Å². The number of halogens is 3. The zero-order valence-electron chi connectivity index (χ0n) is 9.88. The van der Waals surface area contributed by atoms with Crippen LogP contribution in [0, 0.1) is 5.92 Å². The van der Waals surface area contributed by atoms with Gasteiger partial charge in [-0.15, -0.1) is 0 Å². The fourth-order valence-electron chi connectivity index (χ4n) is 1.97. The van der Waals surface area contributed by atoms with Gasteiger partial charge >= 0.3 is 6.18 Å². The van der Waals surface area contributed by atoms with Crippen LogP contribution in [-0.2, 0) is 4.74 Å². The number of hydrogen-bond acceptors (Lipinski definition) is 3. The number of alkyl halides is 3. The maximum Gasteiger partial charge on any atom is 0.411 e. The van der Waals surface area contributed by atoms with E-state index in [4.69, 9.17) is 5.11 Å². The molecular formula is C11H20F3NO2. The van der Waals surface area contributed by atoms with Gasteiger partial charge in [0.15, 0.2) is 0 Å². The third-order valence-electron chi connectivity index (χ3n) is 2.99. The Labute approximate surface area is 99.5 Å². The van der Waals surface area contributed by atoms with Crippen molar-refractivity contribution in [3.8, 4) is 0 Å². The summed E-state index contributed by atoms with van der Waals surface area (Å²) in [7, 11) is 0. The van der Waals surface area contributed by atoms with Gasteiger partial charge in [0, 0.05) is 19.8 Å². The van der Waals surface area contributed by atoms with Gasteiger partial charge in [0.05, 0.1) is 0 Å². The van der Waals surface area contributed by atoms with Gasteiger partial charge in [-0.2, -0.15) is 13.2 Å². The molecule has 0 aromatic carbocycles. The maximum absolute atomic E-state index is 11.8. The lowest BCUT2D eigenvalue weighted by molar-refractivity contribution is -0.174. The quantitative estimate of drug-likeness (QED) is 0.733. The molecule has 1 saturated heterocycles. The van der Waals surface area contributed by atoms with Crippen LogP contribution < -0.4 is 0 Å². The summed E-state index contributed by atoms with van der Waals surface area (Å²) < 4.78 is 39.8. The highest BCUT2D eigenvalue weighted by Crippen LogP contribution is 2.17. The van der Waals surface area contributed by atoms with E-state index in [0.717, 1.165) is 32.5 Å². The molecule has 1 heterocycles. The molecule has 1 rings (SSSR count). The Morgan fingerprint density at radius 3 is 2.41 bits per heavy atom. The van der Waals surface area contributed by atoms with Crippen LogP contribution in [0.1, 0.15) is 19.3 Å². The van der Waals surface area contributed by atoms with E-state index in [1.165, 1.54) is 0 Å². The van der Waals surface area contributed by atoms with E-state index >= 15 is 0 Å². The van der Waals surface area contributed by atoms with Crippen LogP contribution in [0.25, 0.3) is 0 Å². The molecule has 0 saturated carbocycles. The second-order valence-corrected chi connectivity index (χ2v) is 4.49. The zero-order chi connectivity index (χ0) is 12.7. The third-order valence-corrected chi connectivity index (χ3v) is 2.99. The molecule has 0 spiro atoms. The van der Waals surface area contributed by atoms with E-state index in [9.17, 15) is 13.2 Å². The van der Waals surface area contributed by atoms with Gasteiger partial charge in [0.1, 0.15) is 6.61 Å². The van der Waals surface area contributed by atoms with Crippen LogP contribution in [0.15, 0.2) is 0 Å². The first-order valence-electron chi connectivity index (χ1n) is 5.99. The fraction of sp³-hybridized carbons (Fsp3) is 1.00. The molecule has 1 aliphatic rings. The summed E-state index contributed by atoms with van der Waals surface area (Å²) in [5.74, 6) is 0.396. The van der Waals surface area contributed by atoms with Crippen LogP contribution in [-0.4, -0.2) is 55.6 Å². The topological polar surface area (TPSA) is 32.7 Å². The molecule has 0 aromatic rings. The van der Waals surface area contributed by atoms with Crippen molar-refractivity contribution in [1.29, 1.82) is 0 Å². The van der Waals surface area contributed by atoms with Crippen LogP contribution in [0.5, 0.6) is 0 Å². The number of rotatable bonds is 6. The average molecular weight is 255 g/mol. The van der Waals surface area contributed by atoms with Crippen molar-refractivity contribution in [2.45, 2.75) is 25.4 Å². The summed E-state index contributed by atoms with van der Waals surface area (Å²) in [6.07, 6.45) is -1.65. The standard InChI is InChI=1S/C11H20F3NO2/c12-11(13,14)9-17-7-1-4-15-5-2-10(8-16)3-6-15/h10,16H,1-9H2. The monoisotopic (exact) mass is 255 g/mol. The average Bonchev–Trinajstić information content (AvgIpc) is 2.28. The highest BCUT2D eigenvalue weighted by Gasteiger charge is 2.27. The molecule has 17 heavy (non-hydrogen) atoms. The smallest absolute Gasteiger partial charge is 0.396 e. The lowest BCUT2D eigenvalue weighted by Gasteiger charge is -2.30. The maximum atomic E-state index is 11.8. The van der Waals surface area contributed by atoms with Crippen LogP contribution in [0.2, 0.25) is 0 Å². The second-order valence-electron chi connectivity index (χ2n) is 4.49. The van der Waals surface area contributed by atoms with Crippen molar-refractivity contribution >= 4 is 0 Å². The molecule has 1 fully saturated rings. The number of ether oxygens (including phenoxy) is 1. The molecule has 0 amide bonds. The molecule has 0 atom stereocenters. The molecular weight excluding hydrogens is 235 g/mol. The minimum absolute atomic E-state index is 0.152. The lowest BCUT2D eigenvalue weighted by Crippen LogP contribution is -2.35.